The zero-order chi connectivity index (χ0) is 7.61. The lowest BCUT2D eigenvalue weighted by Gasteiger charge is -1.89. The van der Waals surface area contributed by atoms with Crippen molar-refractivity contribution in [3.8, 4) is 0 Å². The van der Waals surface area contributed by atoms with Crippen molar-refractivity contribution in [1.29, 1.82) is 0 Å². The molecule has 10 heavy (non-hydrogen) atoms. The molecule has 0 aliphatic carbocycles. The normalized spacial score (nSPS) is 11.7. The molecule has 0 atom stereocenters. The minimum absolute atomic E-state index is 0.113. The van der Waals surface area contributed by atoms with Crippen LogP contribution in [0.4, 0.5) is 0 Å². The minimum atomic E-state index is -3.38. The molecule has 0 aliphatic rings. The average Bonchev–Trinajstić information content (AvgIpc) is 2.12. The van der Waals surface area contributed by atoms with Gasteiger partial charge in [-0.3, -0.25) is 0 Å². The zero-order valence-electron chi connectivity index (χ0n) is 5.02. The van der Waals surface area contributed by atoms with Crippen LogP contribution in [0.2, 0.25) is 0 Å². The molecule has 0 spiro atoms. The highest BCUT2D eigenvalue weighted by Crippen LogP contribution is 2.06. The fraction of sp³-hybridized carbons (Fsp3) is 0.250. The van der Waals surface area contributed by atoms with Crippen molar-refractivity contribution in [2.24, 2.45) is 5.14 Å². The summed E-state index contributed by atoms with van der Waals surface area (Å²) in [5.74, 6) is -0.113. The van der Waals surface area contributed by atoms with Crippen molar-refractivity contribution >= 4 is 21.6 Å². The third-order valence-electron chi connectivity index (χ3n) is 0.835. The molecule has 0 aromatic carbocycles. The van der Waals surface area contributed by atoms with Crippen LogP contribution in [0.1, 0.15) is 4.88 Å². The molecule has 0 saturated carbocycles. The number of hydrogen-bond donors (Lipinski definition) is 1. The summed E-state index contributed by atoms with van der Waals surface area (Å²) in [6, 6.07) is 1.63. The molecule has 2 N–H and O–H groups in total. The Labute approximate surface area is 62.9 Å². The van der Waals surface area contributed by atoms with E-state index in [2.05, 4.69) is 4.37 Å². The number of nitrogens with zero attached hydrogens (tertiary/aromatic N) is 1. The molecular formula is C4H6N2O2S2. The number of hydrogen-bond acceptors (Lipinski definition) is 4. The summed E-state index contributed by atoms with van der Waals surface area (Å²) in [4.78, 5) is 0.669. The molecule has 1 aromatic heterocycles. The Balaban J connectivity index is 2.75. The molecule has 1 aromatic rings. The average molecular weight is 178 g/mol. The van der Waals surface area contributed by atoms with E-state index in [-0.39, 0.29) is 5.75 Å². The molecule has 0 saturated heterocycles. The Kier molecular flexibility index (Phi) is 2.02. The number of primary sulfonamides is 1. The van der Waals surface area contributed by atoms with E-state index in [0.29, 0.717) is 4.88 Å². The Hall–Kier alpha value is -0.460. The summed E-state index contributed by atoms with van der Waals surface area (Å²) in [5, 5.41) is 4.78. The Morgan fingerprint density at radius 1 is 1.70 bits per heavy atom. The van der Waals surface area contributed by atoms with Crippen molar-refractivity contribution in [1.82, 2.24) is 4.37 Å². The summed E-state index contributed by atoms with van der Waals surface area (Å²) in [6.45, 7) is 0. The first-order valence-corrected chi connectivity index (χ1v) is 4.97. The SMILES string of the molecule is NS(=O)(=O)Cc1ccns1. The van der Waals surface area contributed by atoms with Crippen LogP contribution in [-0.4, -0.2) is 12.8 Å². The van der Waals surface area contributed by atoms with E-state index in [1.165, 1.54) is 0 Å². The molecule has 1 heterocycles. The van der Waals surface area contributed by atoms with Crippen molar-refractivity contribution < 1.29 is 8.42 Å². The van der Waals surface area contributed by atoms with Crippen LogP contribution in [-0.2, 0) is 15.8 Å². The quantitative estimate of drug-likeness (QED) is 0.689. The van der Waals surface area contributed by atoms with Crippen LogP contribution in [0.5, 0.6) is 0 Å². The number of aromatic nitrogens is 1. The standard InChI is InChI=1S/C4H6N2O2S2/c5-10(7,8)3-4-1-2-6-9-4/h1-2H,3H2,(H2,5,7,8). The number of rotatable bonds is 2. The van der Waals surface area contributed by atoms with Crippen LogP contribution in [0, 0.1) is 0 Å². The summed E-state index contributed by atoms with van der Waals surface area (Å²) in [7, 11) is -3.38. The minimum Gasteiger partial charge on any atom is -0.228 e. The number of nitrogens with two attached hydrogens (primary N) is 1. The lowest BCUT2D eigenvalue weighted by Crippen LogP contribution is -2.13. The van der Waals surface area contributed by atoms with E-state index in [1.807, 2.05) is 0 Å². The third-order valence-corrected chi connectivity index (χ3v) is 2.47. The summed E-state index contributed by atoms with van der Waals surface area (Å²) < 4.78 is 24.6. The smallest absolute Gasteiger partial charge is 0.214 e. The van der Waals surface area contributed by atoms with Crippen molar-refractivity contribution in [2.75, 3.05) is 0 Å². The van der Waals surface area contributed by atoms with Crippen molar-refractivity contribution in [2.45, 2.75) is 5.75 Å². The van der Waals surface area contributed by atoms with E-state index >= 15 is 0 Å². The first-order chi connectivity index (χ1) is 4.58. The molecule has 0 fully saturated rings. The van der Waals surface area contributed by atoms with Gasteiger partial charge < -0.3 is 0 Å². The van der Waals surface area contributed by atoms with Gasteiger partial charge in [0.25, 0.3) is 0 Å². The predicted octanol–water partition coefficient (Wildman–Crippen LogP) is -0.0684. The van der Waals surface area contributed by atoms with Gasteiger partial charge in [-0.05, 0) is 17.6 Å². The highest BCUT2D eigenvalue weighted by atomic mass is 32.2. The molecule has 1 rings (SSSR count). The predicted molar refractivity (Wildman–Crippen MR) is 38.9 cm³/mol. The Morgan fingerprint density at radius 3 is 2.80 bits per heavy atom. The van der Waals surface area contributed by atoms with Crippen LogP contribution in [0.15, 0.2) is 12.3 Å². The fourth-order valence-corrected chi connectivity index (χ4v) is 2.09. The first kappa shape index (κ1) is 7.64. The van der Waals surface area contributed by atoms with Gasteiger partial charge in [-0.15, -0.1) is 0 Å². The van der Waals surface area contributed by atoms with Gasteiger partial charge in [0.15, 0.2) is 0 Å². The monoisotopic (exact) mass is 178 g/mol. The molecule has 56 valence electrons. The van der Waals surface area contributed by atoms with E-state index in [0.717, 1.165) is 11.5 Å². The van der Waals surface area contributed by atoms with Gasteiger partial charge in [0.1, 0.15) is 0 Å². The van der Waals surface area contributed by atoms with Crippen molar-refractivity contribution in [3.05, 3.63) is 17.1 Å². The Bertz CT molecular complexity index is 289. The molecule has 4 nitrogen and oxygen atoms in total. The van der Waals surface area contributed by atoms with Gasteiger partial charge in [-0.2, -0.15) is 0 Å². The van der Waals surface area contributed by atoms with E-state index < -0.39 is 10.0 Å². The van der Waals surface area contributed by atoms with Crippen LogP contribution in [0.3, 0.4) is 0 Å². The number of sulfonamides is 1. The summed E-state index contributed by atoms with van der Waals surface area (Å²) >= 11 is 1.14. The van der Waals surface area contributed by atoms with Gasteiger partial charge in [0.2, 0.25) is 10.0 Å². The van der Waals surface area contributed by atoms with Gasteiger partial charge in [0.05, 0.1) is 5.75 Å². The first-order valence-electron chi connectivity index (χ1n) is 2.48. The Morgan fingerprint density at radius 2 is 2.40 bits per heavy atom. The summed E-state index contributed by atoms with van der Waals surface area (Å²) in [6.07, 6.45) is 1.55. The maximum absolute atomic E-state index is 10.5. The molecule has 6 heteroatoms. The van der Waals surface area contributed by atoms with E-state index in [9.17, 15) is 8.42 Å². The molecular weight excluding hydrogens is 172 g/mol. The maximum Gasteiger partial charge on any atom is 0.214 e. The van der Waals surface area contributed by atoms with Gasteiger partial charge >= 0.3 is 0 Å². The van der Waals surface area contributed by atoms with Crippen LogP contribution in [0.25, 0.3) is 0 Å². The molecule has 0 radical (unpaired) electrons. The molecule has 0 aliphatic heterocycles. The maximum atomic E-state index is 10.5. The van der Waals surface area contributed by atoms with Crippen LogP contribution < -0.4 is 5.14 Å². The topological polar surface area (TPSA) is 73.1 Å². The van der Waals surface area contributed by atoms with Gasteiger partial charge in [-0.1, -0.05) is 0 Å². The molecule has 0 unspecified atom stereocenters. The lowest BCUT2D eigenvalue weighted by atomic mass is 10.6. The highest BCUT2D eigenvalue weighted by molar-refractivity contribution is 7.88. The van der Waals surface area contributed by atoms with Crippen molar-refractivity contribution in [3.63, 3.8) is 0 Å². The second kappa shape index (κ2) is 2.65. The second-order valence-electron chi connectivity index (χ2n) is 1.79. The highest BCUT2D eigenvalue weighted by Gasteiger charge is 2.04. The van der Waals surface area contributed by atoms with E-state index in [4.69, 9.17) is 5.14 Å². The lowest BCUT2D eigenvalue weighted by molar-refractivity contribution is 0.597. The third kappa shape index (κ3) is 2.42. The van der Waals surface area contributed by atoms with Gasteiger partial charge in [-0.25, -0.2) is 17.9 Å². The zero-order valence-corrected chi connectivity index (χ0v) is 6.65. The fourth-order valence-electron chi connectivity index (χ4n) is 0.515. The molecule has 0 bridgehead atoms. The van der Waals surface area contributed by atoms with E-state index in [1.54, 1.807) is 12.3 Å². The van der Waals surface area contributed by atoms with Gasteiger partial charge in [0, 0.05) is 11.1 Å². The largest absolute Gasteiger partial charge is 0.228 e. The van der Waals surface area contributed by atoms with Crippen LogP contribution >= 0.6 is 11.5 Å². The second-order valence-corrected chi connectivity index (χ2v) is 4.32. The summed E-state index contributed by atoms with van der Waals surface area (Å²) in [5.41, 5.74) is 0. The molecule has 0 amide bonds.